The molecule has 0 spiro atoms. The monoisotopic (exact) mass is 372 g/mol. The van der Waals surface area contributed by atoms with Crippen LogP contribution in [0.15, 0.2) is 0 Å². The third kappa shape index (κ3) is 10.3. The lowest BCUT2D eigenvalue weighted by atomic mass is 9.99. The molecule has 0 heterocycles. The molecule has 0 bridgehead atoms. The molecule has 4 nitrogen and oxygen atoms in total. The largest absolute Gasteiger partial charge is 0.300 e. The highest BCUT2D eigenvalue weighted by atomic mass is 32.1. The summed E-state index contributed by atoms with van der Waals surface area (Å²) in [5, 5.41) is 0.0151. The topological polar surface area (TPSA) is 68.3 Å². The molecule has 0 unspecified atom stereocenters. The van der Waals surface area contributed by atoms with Crippen molar-refractivity contribution in [2.45, 2.75) is 87.5 Å². The Kier molecular flexibility index (Phi) is 10.6. The van der Waals surface area contributed by atoms with Crippen LogP contribution in [0.5, 0.6) is 0 Å². The minimum Gasteiger partial charge on any atom is -0.300 e. The third-order valence-electron chi connectivity index (χ3n) is 4.39. The highest BCUT2D eigenvalue weighted by Crippen LogP contribution is 2.17. The number of hydrogen-bond donors (Lipinski definition) is 2. The summed E-state index contributed by atoms with van der Waals surface area (Å²) >= 11 is 8.84. The number of thiol groups is 2. The molecule has 0 aromatic heterocycles. The van der Waals surface area contributed by atoms with E-state index in [9.17, 15) is 19.2 Å². The van der Waals surface area contributed by atoms with Crippen molar-refractivity contribution in [3.05, 3.63) is 0 Å². The molecule has 1 rings (SSSR count). The normalized spacial score (nSPS) is 27.6. The maximum absolute atomic E-state index is 11.8. The van der Waals surface area contributed by atoms with E-state index < -0.39 is 0 Å². The first-order valence-electron chi connectivity index (χ1n) is 8.79. The molecule has 1 aliphatic rings. The SMILES string of the molecule is O=C1CCC(=O)CCC(S)CCC(=O)CCC(=O)CCC(S)CC1. The van der Waals surface area contributed by atoms with Gasteiger partial charge in [-0.3, -0.25) is 19.2 Å². The van der Waals surface area contributed by atoms with E-state index in [0.29, 0.717) is 51.4 Å². The van der Waals surface area contributed by atoms with Crippen molar-refractivity contribution in [1.29, 1.82) is 0 Å². The molecule has 6 heteroatoms. The van der Waals surface area contributed by atoms with Gasteiger partial charge in [0, 0.05) is 61.9 Å². The molecule has 0 saturated heterocycles. The van der Waals surface area contributed by atoms with Crippen LogP contribution in [0.1, 0.15) is 77.0 Å². The lowest BCUT2D eigenvalue weighted by Crippen LogP contribution is -2.12. The van der Waals surface area contributed by atoms with E-state index in [1.54, 1.807) is 0 Å². The highest BCUT2D eigenvalue weighted by molar-refractivity contribution is 7.81. The molecule has 0 aromatic rings. The van der Waals surface area contributed by atoms with Crippen LogP contribution in [-0.4, -0.2) is 33.6 Å². The Bertz CT molecular complexity index is 380. The molecule has 0 radical (unpaired) electrons. The zero-order chi connectivity index (χ0) is 17.9. The van der Waals surface area contributed by atoms with Gasteiger partial charge in [0.15, 0.2) is 0 Å². The first-order valence-corrected chi connectivity index (χ1v) is 9.83. The van der Waals surface area contributed by atoms with Gasteiger partial charge in [0.25, 0.3) is 0 Å². The van der Waals surface area contributed by atoms with Crippen LogP contribution < -0.4 is 0 Å². The molecule has 0 N–H and O–H groups in total. The van der Waals surface area contributed by atoms with Gasteiger partial charge in [-0.1, -0.05) is 0 Å². The molecule has 0 aromatic carbocycles. The minimum atomic E-state index is 0.00753. The fraction of sp³-hybridized carbons (Fsp3) is 0.778. The van der Waals surface area contributed by atoms with Gasteiger partial charge < -0.3 is 0 Å². The van der Waals surface area contributed by atoms with E-state index in [1.807, 2.05) is 0 Å². The van der Waals surface area contributed by atoms with Crippen molar-refractivity contribution in [1.82, 2.24) is 0 Å². The Hall–Kier alpha value is -0.620. The molecule has 0 atom stereocenters. The number of hydrogen-bond acceptors (Lipinski definition) is 6. The lowest BCUT2D eigenvalue weighted by molar-refractivity contribution is -0.124. The lowest BCUT2D eigenvalue weighted by Gasteiger charge is -2.11. The Morgan fingerprint density at radius 2 is 0.667 bits per heavy atom. The average molecular weight is 373 g/mol. The first-order chi connectivity index (χ1) is 11.4. The Morgan fingerprint density at radius 1 is 0.458 bits per heavy atom. The van der Waals surface area contributed by atoms with Gasteiger partial charge in [-0.05, 0) is 25.7 Å². The zero-order valence-corrected chi connectivity index (χ0v) is 16.0. The van der Waals surface area contributed by atoms with Crippen LogP contribution >= 0.6 is 25.3 Å². The van der Waals surface area contributed by atoms with Crippen LogP contribution in [0.3, 0.4) is 0 Å². The van der Waals surface area contributed by atoms with Gasteiger partial charge in [0.1, 0.15) is 23.1 Å². The summed E-state index contributed by atoms with van der Waals surface area (Å²) in [6, 6.07) is 0. The van der Waals surface area contributed by atoms with Crippen molar-refractivity contribution in [2.24, 2.45) is 0 Å². The molecule has 136 valence electrons. The second-order valence-electron chi connectivity index (χ2n) is 6.62. The van der Waals surface area contributed by atoms with Crippen molar-refractivity contribution in [2.75, 3.05) is 0 Å². The summed E-state index contributed by atoms with van der Waals surface area (Å²) in [4.78, 5) is 47.3. The van der Waals surface area contributed by atoms with Crippen molar-refractivity contribution in [3.63, 3.8) is 0 Å². The summed E-state index contributed by atoms with van der Waals surface area (Å²) in [5.74, 6) is 0.344. The molecule has 0 aliphatic heterocycles. The zero-order valence-electron chi connectivity index (χ0n) is 14.2. The van der Waals surface area contributed by atoms with E-state index in [0.717, 1.165) is 0 Å². The van der Waals surface area contributed by atoms with E-state index in [4.69, 9.17) is 0 Å². The molecular formula is C18H28O4S2. The maximum atomic E-state index is 11.8. The summed E-state index contributed by atoms with van der Waals surface area (Å²) in [6.07, 6.45) is 5.27. The molecule has 1 saturated carbocycles. The third-order valence-corrected chi connectivity index (χ3v) is 5.42. The van der Waals surface area contributed by atoms with E-state index in [-0.39, 0.29) is 59.3 Å². The fourth-order valence-corrected chi connectivity index (χ4v) is 3.17. The number of rotatable bonds is 0. The fourth-order valence-electron chi connectivity index (χ4n) is 2.66. The predicted molar refractivity (Wildman–Crippen MR) is 101 cm³/mol. The predicted octanol–water partition coefficient (Wildman–Crippen LogP) is 3.55. The number of carbonyl (C=O) groups is 4. The van der Waals surface area contributed by atoms with Crippen molar-refractivity contribution >= 4 is 48.4 Å². The van der Waals surface area contributed by atoms with Gasteiger partial charge in [-0.25, -0.2) is 0 Å². The molecule has 1 aliphatic carbocycles. The second-order valence-corrected chi connectivity index (χ2v) is 8.08. The Balaban J connectivity index is 2.53. The first kappa shape index (κ1) is 21.4. The number of Topliss-reactive ketones (excluding diaryl/α,β-unsaturated/α-hetero) is 4. The van der Waals surface area contributed by atoms with Gasteiger partial charge in [-0.15, -0.1) is 0 Å². The standard InChI is InChI=1S/C18H28O4S2/c19-13-1-2-14(20)6-10-18(24)12-8-16(22)4-3-15(21)7-11-17(23)9-5-13/h17-18,23-24H,1-12H2. The van der Waals surface area contributed by atoms with E-state index >= 15 is 0 Å². The summed E-state index contributed by atoms with van der Waals surface area (Å²) in [6.45, 7) is 0. The van der Waals surface area contributed by atoms with Crippen LogP contribution in [-0.2, 0) is 19.2 Å². The summed E-state index contributed by atoms with van der Waals surface area (Å²) in [5.41, 5.74) is 0. The van der Waals surface area contributed by atoms with Crippen LogP contribution in [0.25, 0.3) is 0 Å². The summed E-state index contributed by atoms with van der Waals surface area (Å²) < 4.78 is 0. The Labute approximate surface area is 155 Å². The number of ketones is 4. The van der Waals surface area contributed by atoms with E-state index in [2.05, 4.69) is 25.3 Å². The Morgan fingerprint density at radius 3 is 0.875 bits per heavy atom. The van der Waals surface area contributed by atoms with Crippen molar-refractivity contribution < 1.29 is 19.2 Å². The van der Waals surface area contributed by atoms with E-state index in [1.165, 1.54) is 0 Å². The van der Waals surface area contributed by atoms with Gasteiger partial charge in [0.05, 0.1) is 0 Å². The van der Waals surface area contributed by atoms with Crippen molar-refractivity contribution in [3.8, 4) is 0 Å². The molecule has 1 fully saturated rings. The molecular weight excluding hydrogens is 344 g/mol. The van der Waals surface area contributed by atoms with Gasteiger partial charge >= 0.3 is 0 Å². The maximum Gasteiger partial charge on any atom is 0.133 e. The van der Waals surface area contributed by atoms with Crippen LogP contribution in [0, 0.1) is 0 Å². The van der Waals surface area contributed by atoms with Gasteiger partial charge in [0.2, 0.25) is 0 Å². The average Bonchev–Trinajstić information content (AvgIpc) is 2.56. The minimum absolute atomic E-state index is 0.00753. The quantitative estimate of drug-likeness (QED) is 0.638. The molecule has 24 heavy (non-hydrogen) atoms. The van der Waals surface area contributed by atoms with Gasteiger partial charge in [-0.2, -0.15) is 25.3 Å². The van der Waals surface area contributed by atoms with Crippen LogP contribution in [0.4, 0.5) is 0 Å². The summed E-state index contributed by atoms with van der Waals surface area (Å²) in [7, 11) is 0. The smallest absolute Gasteiger partial charge is 0.133 e. The highest BCUT2D eigenvalue weighted by Gasteiger charge is 2.15. The molecule has 0 amide bonds. The number of carbonyl (C=O) groups excluding carboxylic acids is 4. The van der Waals surface area contributed by atoms with Crippen LogP contribution in [0.2, 0.25) is 0 Å². The second kappa shape index (κ2) is 11.9.